The Morgan fingerprint density at radius 3 is 2.60 bits per heavy atom. The monoisotopic (exact) mass is 372 g/mol. The van der Waals surface area contributed by atoms with Gasteiger partial charge in [-0.1, -0.05) is 12.1 Å². The van der Waals surface area contributed by atoms with E-state index < -0.39 is 21.6 Å². The Kier molecular flexibility index (Phi) is 4.55. The molecule has 0 bridgehead atoms. The van der Waals surface area contributed by atoms with Crippen molar-refractivity contribution in [1.82, 2.24) is 9.97 Å². The van der Waals surface area contributed by atoms with Gasteiger partial charge in [0.1, 0.15) is 5.82 Å². The zero-order valence-electron chi connectivity index (χ0n) is 12.9. The average Bonchev–Trinajstić information content (AvgIpc) is 2.86. The van der Waals surface area contributed by atoms with Gasteiger partial charge in [0.25, 0.3) is 0 Å². The summed E-state index contributed by atoms with van der Waals surface area (Å²) in [5.74, 6) is 0.429. The predicted molar refractivity (Wildman–Crippen MR) is 87.4 cm³/mol. The van der Waals surface area contributed by atoms with Crippen LogP contribution in [0.15, 0.2) is 36.5 Å². The van der Waals surface area contributed by atoms with E-state index >= 15 is 0 Å². The molecule has 1 aromatic heterocycles. The van der Waals surface area contributed by atoms with Crippen LogP contribution in [0.5, 0.6) is 0 Å². The SMILES string of the molecule is O=S1(=O)CCC(Nc2nccc(Nc3ccccc3C(F)(F)F)n2)C1. The molecule has 1 fully saturated rings. The maximum atomic E-state index is 13.0. The molecule has 1 saturated heterocycles. The van der Waals surface area contributed by atoms with E-state index in [9.17, 15) is 21.6 Å². The van der Waals surface area contributed by atoms with Crippen LogP contribution in [0.2, 0.25) is 0 Å². The first-order valence-corrected chi connectivity index (χ1v) is 9.28. The largest absolute Gasteiger partial charge is 0.418 e. The average molecular weight is 372 g/mol. The van der Waals surface area contributed by atoms with Crippen LogP contribution in [0.1, 0.15) is 12.0 Å². The van der Waals surface area contributed by atoms with E-state index in [0.29, 0.717) is 6.42 Å². The Hall–Kier alpha value is -2.36. The van der Waals surface area contributed by atoms with Crippen LogP contribution >= 0.6 is 0 Å². The van der Waals surface area contributed by atoms with Crippen molar-refractivity contribution >= 4 is 27.3 Å². The molecule has 2 heterocycles. The number of hydrogen-bond donors (Lipinski definition) is 2. The minimum absolute atomic E-state index is 0.00900. The molecule has 0 spiro atoms. The van der Waals surface area contributed by atoms with E-state index in [4.69, 9.17) is 0 Å². The maximum Gasteiger partial charge on any atom is 0.418 e. The number of nitrogens with one attached hydrogen (secondary N) is 2. The van der Waals surface area contributed by atoms with Gasteiger partial charge in [0.15, 0.2) is 9.84 Å². The number of aromatic nitrogens is 2. The van der Waals surface area contributed by atoms with Crippen LogP contribution in [-0.4, -0.2) is 35.9 Å². The van der Waals surface area contributed by atoms with E-state index in [0.717, 1.165) is 6.07 Å². The lowest BCUT2D eigenvalue weighted by atomic mass is 10.1. The van der Waals surface area contributed by atoms with Crippen molar-refractivity contribution in [2.24, 2.45) is 0 Å². The molecular weight excluding hydrogens is 357 g/mol. The Labute approximate surface area is 142 Å². The summed E-state index contributed by atoms with van der Waals surface area (Å²) in [6.45, 7) is 0. The Balaban J connectivity index is 1.77. The molecule has 2 aromatic rings. The normalized spacial score (nSPS) is 19.6. The number of alkyl halides is 3. The highest BCUT2D eigenvalue weighted by Gasteiger charge is 2.33. The van der Waals surface area contributed by atoms with Gasteiger partial charge in [-0.05, 0) is 24.6 Å². The summed E-state index contributed by atoms with van der Waals surface area (Å²) in [6, 6.07) is 6.21. The van der Waals surface area contributed by atoms with Gasteiger partial charge in [-0.3, -0.25) is 0 Å². The van der Waals surface area contributed by atoms with Gasteiger partial charge in [-0.15, -0.1) is 0 Å². The van der Waals surface area contributed by atoms with Gasteiger partial charge < -0.3 is 10.6 Å². The summed E-state index contributed by atoms with van der Waals surface area (Å²) in [5, 5.41) is 5.54. The van der Waals surface area contributed by atoms with Crippen LogP contribution in [-0.2, 0) is 16.0 Å². The number of halogens is 3. The van der Waals surface area contributed by atoms with Crippen molar-refractivity contribution in [2.75, 3.05) is 22.1 Å². The van der Waals surface area contributed by atoms with Crippen LogP contribution in [0.25, 0.3) is 0 Å². The highest BCUT2D eigenvalue weighted by molar-refractivity contribution is 7.91. The van der Waals surface area contributed by atoms with Crippen molar-refractivity contribution in [3.63, 3.8) is 0 Å². The van der Waals surface area contributed by atoms with Crippen molar-refractivity contribution in [3.05, 3.63) is 42.1 Å². The summed E-state index contributed by atoms with van der Waals surface area (Å²) < 4.78 is 62.0. The first kappa shape index (κ1) is 17.5. The molecule has 6 nitrogen and oxygen atoms in total. The Morgan fingerprint density at radius 1 is 1.16 bits per heavy atom. The van der Waals surface area contributed by atoms with E-state index in [1.165, 1.54) is 30.5 Å². The standard InChI is InChI=1S/C15H15F3N4O2S/c16-15(17,18)11-3-1-2-4-12(11)21-13-5-7-19-14(22-13)20-10-6-8-25(23,24)9-10/h1-5,7,10H,6,8-9H2,(H2,19,20,21,22). The zero-order valence-corrected chi connectivity index (χ0v) is 13.7. The smallest absolute Gasteiger partial charge is 0.350 e. The molecule has 1 aliphatic rings. The van der Waals surface area contributed by atoms with Gasteiger partial charge >= 0.3 is 6.18 Å². The van der Waals surface area contributed by atoms with E-state index in [1.807, 2.05) is 0 Å². The van der Waals surface area contributed by atoms with Crippen LogP contribution in [0.3, 0.4) is 0 Å². The highest BCUT2D eigenvalue weighted by atomic mass is 32.2. The van der Waals surface area contributed by atoms with Crippen LogP contribution in [0.4, 0.5) is 30.6 Å². The molecule has 3 rings (SSSR count). The fraction of sp³-hybridized carbons (Fsp3) is 0.333. The summed E-state index contributed by atoms with van der Waals surface area (Å²) in [7, 11) is -3.05. The first-order chi connectivity index (χ1) is 11.7. The molecule has 2 N–H and O–H groups in total. The van der Waals surface area contributed by atoms with E-state index in [1.54, 1.807) is 0 Å². The highest BCUT2D eigenvalue weighted by Crippen LogP contribution is 2.35. The lowest BCUT2D eigenvalue weighted by Gasteiger charge is -2.15. The molecule has 0 amide bonds. The molecular formula is C15H15F3N4O2S. The molecule has 1 atom stereocenters. The molecule has 1 aliphatic heterocycles. The quantitative estimate of drug-likeness (QED) is 0.859. The predicted octanol–water partition coefficient (Wildman–Crippen LogP) is 2.84. The van der Waals surface area contributed by atoms with E-state index in [2.05, 4.69) is 20.6 Å². The van der Waals surface area contributed by atoms with Crippen LogP contribution < -0.4 is 10.6 Å². The van der Waals surface area contributed by atoms with Crippen molar-refractivity contribution in [1.29, 1.82) is 0 Å². The third kappa shape index (κ3) is 4.38. The third-order valence-electron chi connectivity index (χ3n) is 3.72. The lowest BCUT2D eigenvalue weighted by molar-refractivity contribution is -0.136. The third-order valence-corrected chi connectivity index (χ3v) is 5.48. The van der Waals surface area contributed by atoms with Gasteiger partial charge in [0.05, 0.1) is 22.8 Å². The lowest BCUT2D eigenvalue weighted by Crippen LogP contribution is -2.22. The molecule has 1 aromatic carbocycles. The summed E-state index contributed by atoms with van der Waals surface area (Å²) >= 11 is 0. The molecule has 10 heteroatoms. The van der Waals surface area contributed by atoms with E-state index in [-0.39, 0.29) is 35.0 Å². The van der Waals surface area contributed by atoms with Gasteiger partial charge in [0, 0.05) is 12.2 Å². The first-order valence-electron chi connectivity index (χ1n) is 7.46. The second-order valence-electron chi connectivity index (χ2n) is 5.68. The molecule has 0 radical (unpaired) electrons. The fourth-order valence-electron chi connectivity index (χ4n) is 2.57. The number of rotatable bonds is 4. The minimum atomic E-state index is -4.49. The number of sulfone groups is 1. The summed E-state index contributed by atoms with van der Waals surface area (Å²) in [4.78, 5) is 8.09. The van der Waals surface area contributed by atoms with Gasteiger partial charge in [0.2, 0.25) is 5.95 Å². The topological polar surface area (TPSA) is 84.0 Å². The molecule has 25 heavy (non-hydrogen) atoms. The molecule has 1 unspecified atom stereocenters. The van der Waals surface area contributed by atoms with Gasteiger partial charge in [-0.2, -0.15) is 18.2 Å². The maximum absolute atomic E-state index is 13.0. The van der Waals surface area contributed by atoms with Gasteiger partial charge in [-0.25, -0.2) is 13.4 Å². The number of nitrogens with zero attached hydrogens (tertiary/aromatic N) is 2. The Bertz CT molecular complexity index is 871. The molecule has 0 saturated carbocycles. The minimum Gasteiger partial charge on any atom is -0.350 e. The van der Waals surface area contributed by atoms with Crippen molar-refractivity contribution in [2.45, 2.75) is 18.6 Å². The second kappa shape index (κ2) is 6.51. The number of anilines is 3. The van der Waals surface area contributed by atoms with Crippen LogP contribution in [0, 0.1) is 0 Å². The molecule has 134 valence electrons. The number of hydrogen-bond acceptors (Lipinski definition) is 6. The van der Waals surface area contributed by atoms with Crippen molar-refractivity contribution < 1.29 is 21.6 Å². The fourth-order valence-corrected chi connectivity index (χ4v) is 4.24. The van der Waals surface area contributed by atoms with Crippen molar-refractivity contribution in [3.8, 4) is 0 Å². The molecule has 0 aliphatic carbocycles. The Morgan fingerprint density at radius 2 is 1.92 bits per heavy atom. The number of benzene rings is 1. The summed E-state index contributed by atoms with van der Waals surface area (Å²) in [6.07, 6.45) is -2.66. The number of para-hydroxylation sites is 1. The zero-order chi connectivity index (χ0) is 18.1. The second-order valence-corrected chi connectivity index (χ2v) is 7.91. The summed E-state index contributed by atoms with van der Waals surface area (Å²) in [5.41, 5.74) is -0.923.